The van der Waals surface area contributed by atoms with Gasteiger partial charge in [0.1, 0.15) is 0 Å². The van der Waals surface area contributed by atoms with Crippen LogP contribution in [0.3, 0.4) is 0 Å². The lowest BCUT2D eigenvalue weighted by molar-refractivity contribution is 0.508. The van der Waals surface area contributed by atoms with E-state index >= 15 is 0 Å². The molecule has 1 unspecified atom stereocenters. The van der Waals surface area contributed by atoms with Crippen LogP contribution in [0.4, 0.5) is 0 Å². The number of aromatic nitrogens is 5. The van der Waals surface area contributed by atoms with Crippen molar-refractivity contribution >= 4 is 11.8 Å². The summed E-state index contributed by atoms with van der Waals surface area (Å²) in [6, 6.07) is 17.7. The van der Waals surface area contributed by atoms with E-state index < -0.39 is 0 Å². The zero-order valence-corrected chi connectivity index (χ0v) is 16.3. The first-order valence-corrected chi connectivity index (χ1v) is 9.74. The number of aromatic amines is 1. The minimum atomic E-state index is -0.246. The molecule has 2 aromatic carbocycles. The second kappa shape index (κ2) is 7.85. The summed E-state index contributed by atoms with van der Waals surface area (Å²) >= 11 is 1.40. The highest BCUT2D eigenvalue weighted by molar-refractivity contribution is 7.99. The van der Waals surface area contributed by atoms with E-state index in [-0.39, 0.29) is 10.9 Å². The number of hydrogen-bond acceptors (Lipinski definition) is 6. The molecule has 0 spiro atoms. The smallest absolute Gasteiger partial charge is 0.344 e. The van der Waals surface area contributed by atoms with Crippen molar-refractivity contribution in [1.82, 2.24) is 25.0 Å². The van der Waals surface area contributed by atoms with E-state index in [0.717, 1.165) is 16.7 Å². The van der Waals surface area contributed by atoms with Crippen molar-refractivity contribution in [2.75, 3.05) is 0 Å². The van der Waals surface area contributed by atoms with Gasteiger partial charge >= 0.3 is 5.69 Å². The van der Waals surface area contributed by atoms with Crippen molar-refractivity contribution in [3.05, 3.63) is 82.1 Å². The second-order valence-electron chi connectivity index (χ2n) is 6.46. The minimum absolute atomic E-state index is 0.157. The Kier molecular flexibility index (Phi) is 5.12. The monoisotopic (exact) mass is 393 g/mol. The van der Waals surface area contributed by atoms with Gasteiger partial charge in [0.05, 0.1) is 11.8 Å². The summed E-state index contributed by atoms with van der Waals surface area (Å²) in [7, 11) is 0. The van der Waals surface area contributed by atoms with Crippen molar-refractivity contribution in [2.45, 2.75) is 30.8 Å². The van der Waals surface area contributed by atoms with Crippen LogP contribution < -0.4 is 5.69 Å². The highest BCUT2D eigenvalue weighted by Gasteiger charge is 2.20. The van der Waals surface area contributed by atoms with E-state index in [4.69, 9.17) is 4.42 Å². The Hall–Kier alpha value is -3.13. The molecule has 0 saturated carbocycles. The molecule has 8 heteroatoms. The molecule has 2 heterocycles. The van der Waals surface area contributed by atoms with Gasteiger partial charge in [0.2, 0.25) is 11.8 Å². The number of nitrogens with one attached hydrogen (secondary N) is 1. The standard InChI is InChI=1S/C20H19N5O2S/c1-13-7-6-10-16(11-13)18-22-21-17(27-18)14(2)28-20-24-23-19(26)25(20)12-15-8-4-3-5-9-15/h3-11,14H,12H2,1-2H3,(H,23,26). The summed E-state index contributed by atoms with van der Waals surface area (Å²) in [5, 5.41) is 15.4. The van der Waals surface area contributed by atoms with Gasteiger partial charge in [-0.1, -0.05) is 59.8 Å². The van der Waals surface area contributed by atoms with E-state index in [1.807, 2.05) is 68.4 Å². The highest BCUT2D eigenvalue weighted by Crippen LogP contribution is 2.33. The molecule has 0 radical (unpaired) electrons. The predicted octanol–water partition coefficient (Wildman–Crippen LogP) is 3.83. The number of thioether (sulfide) groups is 1. The van der Waals surface area contributed by atoms with Crippen LogP contribution >= 0.6 is 11.8 Å². The van der Waals surface area contributed by atoms with Crippen LogP contribution in [0.1, 0.15) is 29.2 Å². The highest BCUT2D eigenvalue weighted by atomic mass is 32.2. The first kappa shape index (κ1) is 18.2. The zero-order chi connectivity index (χ0) is 19.5. The lowest BCUT2D eigenvalue weighted by atomic mass is 10.1. The maximum absolute atomic E-state index is 12.2. The topological polar surface area (TPSA) is 89.6 Å². The SMILES string of the molecule is Cc1cccc(-c2nnc(C(C)Sc3n[nH]c(=O)n3Cc3ccccc3)o2)c1. The van der Waals surface area contributed by atoms with Gasteiger partial charge in [-0.3, -0.25) is 4.57 Å². The molecule has 0 aliphatic rings. The van der Waals surface area contributed by atoms with Gasteiger partial charge in [-0.15, -0.1) is 15.3 Å². The summed E-state index contributed by atoms with van der Waals surface area (Å²) < 4.78 is 7.46. The second-order valence-corrected chi connectivity index (χ2v) is 7.77. The maximum atomic E-state index is 12.2. The van der Waals surface area contributed by atoms with Crippen molar-refractivity contribution in [1.29, 1.82) is 0 Å². The lowest BCUT2D eigenvalue weighted by Crippen LogP contribution is -2.18. The van der Waals surface area contributed by atoms with E-state index in [9.17, 15) is 4.79 Å². The molecular weight excluding hydrogens is 374 g/mol. The van der Waals surface area contributed by atoms with E-state index in [2.05, 4.69) is 20.4 Å². The largest absolute Gasteiger partial charge is 0.419 e. The van der Waals surface area contributed by atoms with Crippen LogP contribution in [-0.4, -0.2) is 25.0 Å². The molecule has 1 atom stereocenters. The summed E-state index contributed by atoms with van der Waals surface area (Å²) in [6.07, 6.45) is 0. The maximum Gasteiger partial charge on any atom is 0.344 e. The molecule has 0 saturated heterocycles. The summed E-state index contributed by atoms with van der Waals surface area (Å²) in [5.41, 5.74) is 2.79. The first-order chi connectivity index (χ1) is 13.6. The first-order valence-electron chi connectivity index (χ1n) is 8.86. The summed E-state index contributed by atoms with van der Waals surface area (Å²) in [6.45, 7) is 4.41. The predicted molar refractivity (Wildman–Crippen MR) is 107 cm³/mol. The number of hydrogen-bond donors (Lipinski definition) is 1. The molecule has 0 aliphatic carbocycles. The molecule has 0 amide bonds. The normalized spacial score (nSPS) is 12.2. The van der Waals surface area contributed by atoms with Crippen LogP contribution in [0.5, 0.6) is 0 Å². The number of nitrogens with zero attached hydrogens (tertiary/aromatic N) is 4. The number of aryl methyl sites for hydroxylation is 1. The quantitative estimate of drug-likeness (QED) is 0.501. The number of rotatable bonds is 6. The van der Waals surface area contributed by atoms with Crippen LogP contribution in [0.25, 0.3) is 11.5 Å². The fourth-order valence-corrected chi connectivity index (χ4v) is 3.69. The molecule has 0 fully saturated rings. The number of H-pyrrole nitrogens is 1. The average molecular weight is 393 g/mol. The molecule has 0 aliphatic heterocycles. The zero-order valence-electron chi connectivity index (χ0n) is 15.5. The summed E-state index contributed by atoms with van der Waals surface area (Å²) in [5.74, 6) is 0.970. The molecule has 2 aromatic heterocycles. The van der Waals surface area contributed by atoms with E-state index in [1.54, 1.807) is 4.57 Å². The summed E-state index contributed by atoms with van der Waals surface area (Å²) in [4.78, 5) is 12.2. The lowest BCUT2D eigenvalue weighted by Gasteiger charge is -2.08. The Morgan fingerprint density at radius 2 is 1.96 bits per heavy atom. The Bertz CT molecular complexity index is 1130. The Balaban J connectivity index is 1.53. The van der Waals surface area contributed by atoms with Gasteiger partial charge in [-0.25, -0.2) is 9.89 Å². The molecule has 28 heavy (non-hydrogen) atoms. The average Bonchev–Trinajstić information content (AvgIpc) is 3.32. The van der Waals surface area contributed by atoms with Crippen molar-refractivity contribution in [2.24, 2.45) is 0 Å². The third kappa shape index (κ3) is 3.91. The van der Waals surface area contributed by atoms with Gasteiger partial charge in [0, 0.05) is 5.56 Å². The van der Waals surface area contributed by atoms with Crippen LogP contribution in [0.15, 0.2) is 69.0 Å². The van der Waals surface area contributed by atoms with Crippen LogP contribution in [-0.2, 0) is 6.54 Å². The molecule has 0 bridgehead atoms. The van der Waals surface area contributed by atoms with Crippen LogP contribution in [0.2, 0.25) is 0 Å². The Morgan fingerprint density at radius 3 is 2.75 bits per heavy atom. The minimum Gasteiger partial charge on any atom is -0.419 e. The third-order valence-corrected chi connectivity index (χ3v) is 5.32. The molecular formula is C20H19N5O2S. The fourth-order valence-electron chi connectivity index (χ4n) is 2.80. The van der Waals surface area contributed by atoms with Crippen LogP contribution in [0, 0.1) is 6.92 Å². The van der Waals surface area contributed by atoms with Gasteiger partial charge in [-0.2, -0.15) is 0 Å². The fraction of sp³-hybridized carbons (Fsp3) is 0.200. The number of benzene rings is 2. The van der Waals surface area contributed by atoms with Crippen molar-refractivity contribution < 1.29 is 4.42 Å². The molecule has 4 rings (SSSR count). The van der Waals surface area contributed by atoms with Crippen molar-refractivity contribution in [3.8, 4) is 11.5 Å². The van der Waals surface area contributed by atoms with E-state index in [1.165, 1.54) is 11.8 Å². The Morgan fingerprint density at radius 1 is 1.14 bits per heavy atom. The van der Waals surface area contributed by atoms with Gasteiger partial charge in [0.15, 0.2) is 5.16 Å². The van der Waals surface area contributed by atoms with Crippen molar-refractivity contribution in [3.63, 3.8) is 0 Å². The van der Waals surface area contributed by atoms with Gasteiger partial charge in [-0.05, 0) is 31.5 Å². The van der Waals surface area contributed by atoms with Gasteiger partial charge < -0.3 is 4.42 Å². The van der Waals surface area contributed by atoms with E-state index in [0.29, 0.717) is 23.5 Å². The molecule has 1 N–H and O–H groups in total. The third-order valence-electron chi connectivity index (χ3n) is 4.24. The molecule has 4 aromatic rings. The molecule has 142 valence electrons. The Labute approximate surface area is 165 Å². The molecule has 7 nitrogen and oxygen atoms in total. The van der Waals surface area contributed by atoms with Gasteiger partial charge in [0.25, 0.3) is 0 Å².